The second kappa shape index (κ2) is 6.40. The van der Waals surface area contributed by atoms with Crippen molar-refractivity contribution in [3.63, 3.8) is 0 Å². The Morgan fingerprint density at radius 3 is 2.68 bits per heavy atom. The number of methoxy groups -OCH3 is 1. The third kappa shape index (κ3) is 3.95. The van der Waals surface area contributed by atoms with E-state index in [9.17, 15) is 5.11 Å². The molecule has 0 aliphatic carbocycles. The van der Waals surface area contributed by atoms with Gasteiger partial charge in [0.05, 0.1) is 12.7 Å². The van der Waals surface area contributed by atoms with Gasteiger partial charge in [-0.25, -0.2) is 0 Å². The molecule has 1 heterocycles. The van der Waals surface area contributed by atoms with Crippen molar-refractivity contribution in [3.8, 4) is 5.75 Å². The van der Waals surface area contributed by atoms with E-state index in [1.807, 2.05) is 31.2 Å². The molecule has 0 saturated carbocycles. The van der Waals surface area contributed by atoms with Gasteiger partial charge in [-0.05, 0) is 44.0 Å². The zero-order valence-corrected chi connectivity index (χ0v) is 12.0. The average Bonchev–Trinajstić information content (AvgIpc) is 2.68. The van der Waals surface area contributed by atoms with Crippen LogP contribution in [-0.4, -0.2) is 30.4 Å². The third-order valence-electron chi connectivity index (χ3n) is 4.03. The predicted octanol–water partition coefficient (Wildman–Crippen LogP) is 2.52. The van der Waals surface area contributed by atoms with Crippen LogP contribution in [0.3, 0.4) is 0 Å². The summed E-state index contributed by atoms with van der Waals surface area (Å²) in [6.07, 6.45) is 5.42. The second-order valence-corrected chi connectivity index (χ2v) is 5.74. The van der Waals surface area contributed by atoms with Crippen LogP contribution < -0.4 is 10.1 Å². The van der Waals surface area contributed by atoms with Crippen molar-refractivity contribution in [2.24, 2.45) is 0 Å². The first-order valence-corrected chi connectivity index (χ1v) is 7.20. The van der Waals surface area contributed by atoms with Gasteiger partial charge < -0.3 is 15.2 Å². The van der Waals surface area contributed by atoms with Crippen LogP contribution in [0.25, 0.3) is 0 Å². The Hall–Kier alpha value is -1.06. The SMILES string of the molecule is COc1ccc(CC(C)(O)C2CCCCCN2)cc1. The molecule has 1 fully saturated rings. The van der Waals surface area contributed by atoms with Crippen LogP contribution in [0.4, 0.5) is 0 Å². The molecule has 0 spiro atoms. The van der Waals surface area contributed by atoms with E-state index in [1.165, 1.54) is 19.3 Å². The van der Waals surface area contributed by atoms with Crippen LogP contribution in [-0.2, 0) is 6.42 Å². The minimum atomic E-state index is -0.696. The molecule has 2 rings (SSSR count). The highest BCUT2D eigenvalue weighted by atomic mass is 16.5. The van der Waals surface area contributed by atoms with Gasteiger partial charge in [-0.3, -0.25) is 0 Å². The molecule has 1 aromatic carbocycles. The van der Waals surface area contributed by atoms with Gasteiger partial charge in [0.1, 0.15) is 5.75 Å². The van der Waals surface area contributed by atoms with Crippen LogP contribution in [0.2, 0.25) is 0 Å². The molecule has 19 heavy (non-hydrogen) atoms. The van der Waals surface area contributed by atoms with Crippen molar-refractivity contribution < 1.29 is 9.84 Å². The molecule has 2 atom stereocenters. The number of hydrogen-bond donors (Lipinski definition) is 2. The van der Waals surface area contributed by atoms with Gasteiger partial charge in [-0.2, -0.15) is 0 Å². The number of rotatable bonds is 4. The zero-order chi connectivity index (χ0) is 13.7. The van der Waals surface area contributed by atoms with Crippen molar-refractivity contribution in [1.82, 2.24) is 5.32 Å². The van der Waals surface area contributed by atoms with Gasteiger partial charge in [0.2, 0.25) is 0 Å². The molecule has 0 radical (unpaired) electrons. The van der Waals surface area contributed by atoms with E-state index in [-0.39, 0.29) is 6.04 Å². The van der Waals surface area contributed by atoms with Crippen LogP contribution in [0.15, 0.2) is 24.3 Å². The van der Waals surface area contributed by atoms with E-state index in [0.29, 0.717) is 6.42 Å². The van der Waals surface area contributed by atoms with Crippen LogP contribution in [0.5, 0.6) is 5.75 Å². The molecule has 1 aliphatic rings. The number of benzene rings is 1. The van der Waals surface area contributed by atoms with E-state index in [4.69, 9.17) is 4.74 Å². The molecule has 3 nitrogen and oxygen atoms in total. The Balaban J connectivity index is 2.01. The largest absolute Gasteiger partial charge is 0.497 e. The highest BCUT2D eigenvalue weighted by Crippen LogP contribution is 2.24. The van der Waals surface area contributed by atoms with Crippen LogP contribution >= 0.6 is 0 Å². The van der Waals surface area contributed by atoms with Crippen molar-refractivity contribution in [3.05, 3.63) is 29.8 Å². The first-order valence-electron chi connectivity index (χ1n) is 7.20. The van der Waals surface area contributed by atoms with E-state index in [1.54, 1.807) is 7.11 Å². The summed E-state index contributed by atoms with van der Waals surface area (Å²) in [5.41, 5.74) is 0.454. The van der Waals surface area contributed by atoms with Crippen LogP contribution in [0, 0.1) is 0 Å². The summed E-state index contributed by atoms with van der Waals surface area (Å²) in [6.45, 7) is 2.96. The quantitative estimate of drug-likeness (QED) is 0.877. The fraction of sp³-hybridized carbons (Fsp3) is 0.625. The fourth-order valence-electron chi connectivity index (χ4n) is 2.84. The molecule has 0 bridgehead atoms. The van der Waals surface area contributed by atoms with Crippen molar-refractivity contribution >= 4 is 0 Å². The van der Waals surface area contributed by atoms with Gasteiger partial charge in [0.25, 0.3) is 0 Å². The van der Waals surface area contributed by atoms with Gasteiger partial charge in [0, 0.05) is 12.5 Å². The number of hydrogen-bond acceptors (Lipinski definition) is 3. The van der Waals surface area contributed by atoms with E-state index in [0.717, 1.165) is 24.3 Å². The first-order chi connectivity index (χ1) is 9.12. The zero-order valence-electron chi connectivity index (χ0n) is 12.0. The first kappa shape index (κ1) is 14.4. The summed E-state index contributed by atoms with van der Waals surface area (Å²) in [6, 6.07) is 8.16. The molecule has 0 aromatic heterocycles. The Morgan fingerprint density at radius 1 is 1.26 bits per heavy atom. The Bertz CT molecular complexity index is 378. The summed E-state index contributed by atoms with van der Waals surface area (Å²) in [5, 5.41) is 14.2. The lowest BCUT2D eigenvalue weighted by Crippen LogP contribution is -2.49. The van der Waals surface area contributed by atoms with E-state index in [2.05, 4.69) is 5.32 Å². The molecular formula is C16H25NO2. The summed E-state index contributed by atoms with van der Waals surface area (Å²) in [4.78, 5) is 0. The van der Waals surface area contributed by atoms with Crippen LogP contribution in [0.1, 0.15) is 38.2 Å². The smallest absolute Gasteiger partial charge is 0.118 e. The topological polar surface area (TPSA) is 41.5 Å². The lowest BCUT2D eigenvalue weighted by molar-refractivity contribution is 0.0181. The lowest BCUT2D eigenvalue weighted by atomic mass is 9.86. The van der Waals surface area contributed by atoms with Crippen molar-refractivity contribution in [2.45, 2.75) is 50.7 Å². The molecule has 1 saturated heterocycles. The minimum absolute atomic E-state index is 0.192. The maximum Gasteiger partial charge on any atom is 0.118 e. The monoisotopic (exact) mass is 263 g/mol. The molecule has 1 aromatic rings. The van der Waals surface area contributed by atoms with Crippen molar-refractivity contribution in [1.29, 1.82) is 0 Å². The third-order valence-corrected chi connectivity index (χ3v) is 4.03. The standard InChI is InChI=1S/C16H25NO2/c1-16(18,15-6-4-3-5-11-17-15)12-13-7-9-14(19-2)10-8-13/h7-10,15,17-18H,3-6,11-12H2,1-2H3. The van der Waals surface area contributed by atoms with Gasteiger partial charge in [-0.15, -0.1) is 0 Å². The Kier molecular flexibility index (Phi) is 4.83. The highest BCUT2D eigenvalue weighted by Gasteiger charge is 2.32. The normalized spacial score (nSPS) is 23.4. The molecule has 2 unspecified atom stereocenters. The Morgan fingerprint density at radius 2 is 2.00 bits per heavy atom. The number of aliphatic hydroxyl groups is 1. The highest BCUT2D eigenvalue weighted by molar-refractivity contribution is 5.28. The molecule has 3 heteroatoms. The summed E-state index contributed by atoms with van der Waals surface area (Å²) in [7, 11) is 1.67. The molecular weight excluding hydrogens is 238 g/mol. The Labute approximate surface area is 116 Å². The molecule has 0 amide bonds. The second-order valence-electron chi connectivity index (χ2n) is 5.74. The van der Waals surface area contributed by atoms with Crippen molar-refractivity contribution in [2.75, 3.05) is 13.7 Å². The maximum absolute atomic E-state index is 10.8. The van der Waals surface area contributed by atoms with E-state index < -0.39 is 5.60 Å². The maximum atomic E-state index is 10.8. The predicted molar refractivity (Wildman–Crippen MR) is 77.6 cm³/mol. The van der Waals surface area contributed by atoms with Gasteiger partial charge in [0.15, 0.2) is 0 Å². The summed E-state index contributed by atoms with van der Waals surface area (Å²) in [5.74, 6) is 0.857. The number of ether oxygens (including phenoxy) is 1. The molecule has 2 N–H and O–H groups in total. The van der Waals surface area contributed by atoms with E-state index >= 15 is 0 Å². The molecule has 106 valence electrons. The summed E-state index contributed by atoms with van der Waals surface area (Å²) >= 11 is 0. The lowest BCUT2D eigenvalue weighted by Gasteiger charge is -2.33. The fourth-order valence-corrected chi connectivity index (χ4v) is 2.84. The van der Waals surface area contributed by atoms with Gasteiger partial charge >= 0.3 is 0 Å². The van der Waals surface area contributed by atoms with Gasteiger partial charge in [-0.1, -0.05) is 25.0 Å². The summed E-state index contributed by atoms with van der Waals surface area (Å²) < 4.78 is 5.16. The average molecular weight is 263 g/mol. The number of nitrogens with one attached hydrogen (secondary N) is 1. The minimum Gasteiger partial charge on any atom is -0.497 e. The molecule has 1 aliphatic heterocycles.